The van der Waals surface area contributed by atoms with E-state index in [-0.39, 0.29) is 25.7 Å². The zero-order chi connectivity index (χ0) is 68.9. The van der Waals surface area contributed by atoms with Crippen LogP contribution >= 0.6 is 15.6 Å². The van der Waals surface area contributed by atoms with Crippen molar-refractivity contribution >= 4 is 39.5 Å². The number of aliphatic hydroxyl groups excluding tert-OH is 1. The first-order valence-electron chi connectivity index (χ1n) is 38.2. The SMILES string of the molecule is CC(C)CCCCCCCCCCCCCCCCC(=O)O[C@H](COC(=O)CCCCCCCCCCCC(C)C)COP(=O)(O)OC[C@@H](O)COP(=O)(O)OC[C@@H](COC(=O)CCCCCCCCC(C)C)OC(=O)CCCCCCCCCCCCCCC(C)C. The van der Waals surface area contributed by atoms with E-state index in [2.05, 4.69) is 55.4 Å². The smallest absolute Gasteiger partial charge is 0.462 e. The minimum atomic E-state index is -4.96. The van der Waals surface area contributed by atoms with Gasteiger partial charge in [0.2, 0.25) is 0 Å². The molecule has 0 saturated carbocycles. The fraction of sp³-hybridized carbons (Fsp3) is 0.946. The number of carbonyl (C=O) groups is 4. The molecule has 0 heterocycles. The van der Waals surface area contributed by atoms with Gasteiger partial charge in [-0.2, -0.15) is 0 Å². The molecular weight excluding hydrogens is 1220 g/mol. The van der Waals surface area contributed by atoms with E-state index in [0.29, 0.717) is 31.6 Å². The first kappa shape index (κ1) is 91.1. The number of hydrogen-bond acceptors (Lipinski definition) is 15. The van der Waals surface area contributed by atoms with Gasteiger partial charge in [0.25, 0.3) is 0 Å². The minimum Gasteiger partial charge on any atom is -0.462 e. The van der Waals surface area contributed by atoms with Crippen LogP contribution in [0.4, 0.5) is 0 Å². The lowest BCUT2D eigenvalue weighted by Gasteiger charge is -2.21. The molecular formula is C74H144O17P2. The van der Waals surface area contributed by atoms with E-state index in [1.165, 1.54) is 167 Å². The quantitative estimate of drug-likeness (QED) is 0.0222. The second-order valence-electron chi connectivity index (χ2n) is 28.6. The molecule has 0 spiro atoms. The van der Waals surface area contributed by atoms with Gasteiger partial charge in [0.05, 0.1) is 26.4 Å². The Morgan fingerprint density at radius 2 is 0.452 bits per heavy atom. The molecule has 19 heteroatoms. The summed E-state index contributed by atoms with van der Waals surface area (Å²) < 4.78 is 68.4. The molecule has 0 fully saturated rings. The average molecular weight is 1370 g/mol. The average Bonchev–Trinajstić information content (AvgIpc) is 1.59. The minimum absolute atomic E-state index is 0.105. The molecule has 0 aromatic carbocycles. The van der Waals surface area contributed by atoms with Crippen LogP contribution in [0.2, 0.25) is 0 Å². The summed E-state index contributed by atoms with van der Waals surface area (Å²) in [4.78, 5) is 72.7. The number of ether oxygens (including phenoxy) is 4. The lowest BCUT2D eigenvalue weighted by atomic mass is 10.0. The largest absolute Gasteiger partial charge is 0.472 e. The fourth-order valence-corrected chi connectivity index (χ4v) is 12.8. The van der Waals surface area contributed by atoms with Crippen LogP contribution in [0.25, 0.3) is 0 Å². The highest BCUT2D eigenvalue weighted by molar-refractivity contribution is 7.47. The molecule has 0 aliphatic rings. The van der Waals surface area contributed by atoms with E-state index >= 15 is 0 Å². The van der Waals surface area contributed by atoms with E-state index in [4.69, 9.17) is 37.0 Å². The van der Waals surface area contributed by atoms with Crippen LogP contribution in [-0.2, 0) is 65.4 Å². The molecule has 0 saturated heterocycles. The van der Waals surface area contributed by atoms with Gasteiger partial charge >= 0.3 is 39.5 Å². The molecule has 17 nitrogen and oxygen atoms in total. The van der Waals surface area contributed by atoms with Crippen LogP contribution in [0.3, 0.4) is 0 Å². The van der Waals surface area contributed by atoms with E-state index in [0.717, 1.165) is 114 Å². The van der Waals surface area contributed by atoms with Crippen molar-refractivity contribution in [3.05, 3.63) is 0 Å². The van der Waals surface area contributed by atoms with Gasteiger partial charge in [-0.3, -0.25) is 37.3 Å². The lowest BCUT2D eigenvalue weighted by molar-refractivity contribution is -0.161. The molecule has 0 aliphatic heterocycles. The second kappa shape index (κ2) is 63.5. The van der Waals surface area contributed by atoms with Crippen LogP contribution in [0.1, 0.15) is 370 Å². The maximum Gasteiger partial charge on any atom is 0.472 e. The zero-order valence-electron chi connectivity index (χ0n) is 60.9. The van der Waals surface area contributed by atoms with Crippen molar-refractivity contribution in [2.24, 2.45) is 23.7 Å². The molecule has 0 aromatic rings. The van der Waals surface area contributed by atoms with Crippen LogP contribution in [0, 0.1) is 23.7 Å². The van der Waals surface area contributed by atoms with E-state index in [1.807, 2.05) is 0 Å². The Morgan fingerprint density at radius 3 is 0.667 bits per heavy atom. The van der Waals surface area contributed by atoms with Crippen LogP contribution < -0.4 is 0 Å². The molecule has 3 N–H and O–H groups in total. The van der Waals surface area contributed by atoms with E-state index in [1.54, 1.807) is 0 Å². The van der Waals surface area contributed by atoms with Crippen molar-refractivity contribution in [3.63, 3.8) is 0 Å². The fourth-order valence-electron chi connectivity index (χ4n) is 11.2. The molecule has 552 valence electrons. The molecule has 0 aromatic heterocycles. The normalized spacial score (nSPS) is 14.2. The summed E-state index contributed by atoms with van der Waals surface area (Å²) in [7, 11) is -9.91. The number of phosphoric acid groups is 2. The van der Waals surface area contributed by atoms with Gasteiger partial charge in [0.1, 0.15) is 19.3 Å². The van der Waals surface area contributed by atoms with Crippen LogP contribution in [0.5, 0.6) is 0 Å². The predicted molar refractivity (Wildman–Crippen MR) is 377 cm³/mol. The van der Waals surface area contributed by atoms with Crippen molar-refractivity contribution in [2.45, 2.75) is 388 Å². The Balaban J connectivity index is 5.23. The van der Waals surface area contributed by atoms with Crippen LogP contribution in [-0.4, -0.2) is 96.7 Å². The number of hydrogen-bond donors (Lipinski definition) is 3. The Kier molecular flexibility index (Phi) is 62.2. The topological polar surface area (TPSA) is 237 Å². The summed E-state index contributed by atoms with van der Waals surface area (Å²) in [5.41, 5.74) is 0. The van der Waals surface area contributed by atoms with Gasteiger partial charge in [0.15, 0.2) is 12.2 Å². The lowest BCUT2D eigenvalue weighted by Crippen LogP contribution is -2.30. The maximum atomic E-state index is 13.1. The molecule has 0 aliphatic carbocycles. The summed E-state index contributed by atoms with van der Waals surface area (Å²) in [5.74, 6) is 0.870. The molecule has 93 heavy (non-hydrogen) atoms. The first-order chi connectivity index (χ1) is 44.6. The third kappa shape index (κ3) is 68.4. The van der Waals surface area contributed by atoms with E-state index < -0.39 is 97.5 Å². The number of carbonyl (C=O) groups excluding carboxylic acids is 4. The van der Waals surface area contributed by atoms with Gasteiger partial charge < -0.3 is 33.8 Å². The highest BCUT2D eigenvalue weighted by atomic mass is 31.2. The third-order valence-electron chi connectivity index (χ3n) is 17.1. The molecule has 0 radical (unpaired) electrons. The molecule has 0 bridgehead atoms. The Hall–Kier alpha value is -1.94. The Bertz CT molecular complexity index is 1830. The number of unbranched alkanes of at least 4 members (excludes halogenated alkanes) is 37. The second-order valence-corrected chi connectivity index (χ2v) is 31.5. The summed E-state index contributed by atoms with van der Waals surface area (Å²) in [6.45, 7) is 14.1. The summed E-state index contributed by atoms with van der Waals surface area (Å²) in [6.07, 6.45) is 47.3. The van der Waals surface area contributed by atoms with Gasteiger partial charge in [-0.1, -0.05) is 319 Å². The summed E-state index contributed by atoms with van der Waals surface area (Å²) >= 11 is 0. The number of aliphatic hydroxyl groups is 1. The van der Waals surface area contributed by atoms with Crippen molar-refractivity contribution in [3.8, 4) is 0 Å². The first-order valence-corrected chi connectivity index (χ1v) is 41.2. The number of esters is 4. The molecule has 0 amide bonds. The van der Waals surface area contributed by atoms with Crippen molar-refractivity contribution in [1.29, 1.82) is 0 Å². The van der Waals surface area contributed by atoms with Crippen molar-refractivity contribution in [2.75, 3.05) is 39.6 Å². The third-order valence-corrected chi connectivity index (χ3v) is 19.0. The summed E-state index contributed by atoms with van der Waals surface area (Å²) in [5, 5.41) is 10.6. The number of rotatable bonds is 71. The molecule has 5 atom stereocenters. The van der Waals surface area contributed by atoms with Crippen LogP contribution in [0.15, 0.2) is 0 Å². The zero-order valence-corrected chi connectivity index (χ0v) is 62.7. The van der Waals surface area contributed by atoms with Gasteiger partial charge in [-0.15, -0.1) is 0 Å². The Morgan fingerprint density at radius 1 is 0.269 bits per heavy atom. The summed E-state index contributed by atoms with van der Waals surface area (Å²) in [6, 6.07) is 0. The van der Waals surface area contributed by atoms with E-state index in [9.17, 15) is 43.2 Å². The molecule has 0 rings (SSSR count). The highest BCUT2D eigenvalue weighted by Gasteiger charge is 2.30. The Labute approximate surface area is 568 Å². The maximum absolute atomic E-state index is 13.1. The van der Waals surface area contributed by atoms with Gasteiger partial charge in [0, 0.05) is 25.7 Å². The predicted octanol–water partition coefficient (Wildman–Crippen LogP) is 21.3. The van der Waals surface area contributed by atoms with Gasteiger partial charge in [-0.05, 0) is 49.4 Å². The molecule has 2 unspecified atom stereocenters. The van der Waals surface area contributed by atoms with Gasteiger partial charge in [-0.25, -0.2) is 9.13 Å². The monoisotopic (exact) mass is 1370 g/mol. The highest BCUT2D eigenvalue weighted by Crippen LogP contribution is 2.45. The standard InChI is InChI=1S/C74H144O17P2/c1-64(2)50-42-34-26-20-15-11-9-10-12-17-23-30-40-48-56-73(78)90-69(60-84-71(76)54-46-38-29-25-19-22-28-36-44-52-66(5)6)62-88-92(80,81)86-58-68(75)59-87-93(82,83)89-63-70(61-85-72(77)55-47-39-33-32-37-45-53-67(7)8)91-74(79)57-49-41-31-24-18-14-13-16-21-27-35-43-51-65(3)4/h64-70,75H,9-63H2,1-8H3,(H,80,81)(H,82,83)/t68-,69-,70-/m1/s1. The van der Waals surface area contributed by atoms with Crippen molar-refractivity contribution < 1.29 is 80.2 Å². The number of phosphoric ester groups is 2. The van der Waals surface area contributed by atoms with Crippen molar-refractivity contribution in [1.82, 2.24) is 0 Å².